The number of aromatic nitrogens is 2. The van der Waals surface area contributed by atoms with Gasteiger partial charge in [-0.1, -0.05) is 0 Å². The third-order valence-corrected chi connectivity index (χ3v) is 5.22. The van der Waals surface area contributed by atoms with E-state index in [2.05, 4.69) is 48.8 Å². The van der Waals surface area contributed by atoms with Gasteiger partial charge < -0.3 is 10.7 Å². The van der Waals surface area contributed by atoms with Crippen LogP contribution in [0, 0.1) is 6.92 Å². The Hall–Kier alpha value is -1.18. The van der Waals surface area contributed by atoms with Crippen LogP contribution in [0.5, 0.6) is 0 Å². The first-order valence-corrected chi connectivity index (χ1v) is 8.61. The van der Waals surface area contributed by atoms with E-state index in [-0.39, 0.29) is 0 Å². The number of thiophene rings is 1. The summed E-state index contributed by atoms with van der Waals surface area (Å²) in [7, 11) is 0. The lowest BCUT2D eigenvalue weighted by molar-refractivity contribution is 0.906. The molecule has 2 aromatic heterocycles. The number of hydrogen-bond acceptors (Lipinski definition) is 6. The van der Waals surface area contributed by atoms with Crippen molar-refractivity contribution < 1.29 is 0 Å². The van der Waals surface area contributed by atoms with Gasteiger partial charge in [0.25, 0.3) is 0 Å². The largest absolute Gasteiger partial charge is 0.369 e. The minimum Gasteiger partial charge on any atom is -0.369 e. The number of hydrazine groups is 1. The highest BCUT2D eigenvalue weighted by Gasteiger charge is 2.28. The van der Waals surface area contributed by atoms with Gasteiger partial charge in [0.05, 0.1) is 3.79 Å². The van der Waals surface area contributed by atoms with Crippen LogP contribution in [0.1, 0.15) is 35.0 Å². The number of nitrogens with zero attached hydrogens (tertiary/aromatic N) is 2. The fourth-order valence-corrected chi connectivity index (χ4v) is 3.64. The number of hydrogen-bond donors (Lipinski definition) is 3. The summed E-state index contributed by atoms with van der Waals surface area (Å²) in [6, 6.07) is 4.23. The minimum absolute atomic E-state index is 0.506. The number of nitrogen functional groups attached to an aromatic ring is 1. The topological polar surface area (TPSA) is 75.9 Å². The van der Waals surface area contributed by atoms with Gasteiger partial charge in [-0.25, -0.2) is 15.8 Å². The number of rotatable bonds is 6. The molecule has 0 saturated heterocycles. The smallest absolute Gasteiger partial charge is 0.148 e. The molecule has 7 heteroatoms. The number of halogens is 1. The van der Waals surface area contributed by atoms with Crippen molar-refractivity contribution in [3.05, 3.63) is 32.2 Å². The molecule has 3 rings (SSSR count). The van der Waals surface area contributed by atoms with E-state index in [1.807, 2.05) is 6.92 Å². The number of anilines is 2. The van der Waals surface area contributed by atoms with Gasteiger partial charge in [-0.3, -0.25) is 0 Å². The molecule has 21 heavy (non-hydrogen) atoms. The van der Waals surface area contributed by atoms with E-state index in [9.17, 15) is 0 Å². The van der Waals surface area contributed by atoms with Gasteiger partial charge in [0.2, 0.25) is 0 Å². The van der Waals surface area contributed by atoms with Gasteiger partial charge >= 0.3 is 0 Å². The second-order valence-corrected chi connectivity index (χ2v) is 7.75. The summed E-state index contributed by atoms with van der Waals surface area (Å²) < 4.78 is 1.17. The van der Waals surface area contributed by atoms with Crippen LogP contribution in [0.15, 0.2) is 15.9 Å². The van der Waals surface area contributed by atoms with Crippen molar-refractivity contribution in [2.75, 3.05) is 17.3 Å². The van der Waals surface area contributed by atoms with Crippen molar-refractivity contribution in [2.45, 2.75) is 32.1 Å². The molecule has 4 N–H and O–H groups in total. The highest BCUT2D eigenvalue weighted by molar-refractivity contribution is 9.11. The molecule has 0 bridgehead atoms. The Bertz CT molecular complexity index is 638. The molecule has 5 nitrogen and oxygen atoms in total. The predicted molar refractivity (Wildman–Crippen MR) is 90.8 cm³/mol. The normalized spacial score (nSPS) is 14.2. The number of nitrogens with one attached hydrogen (secondary N) is 2. The minimum atomic E-state index is 0.506. The third-order valence-electron chi connectivity index (χ3n) is 3.54. The SMILES string of the molecule is Cc1c(NN)nc(C2CC2)nc1NCCc1ccc(Br)s1. The summed E-state index contributed by atoms with van der Waals surface area (Å²) in [5.74, 6) is 8.56. The van der Waals surface area contributed by atoms with E-state index < -0.39 is 0 Å². The van der Waals surface area contributed by atoms with Crippen LogP contribution in [-0.4, -0.2) is 16.5 Å². The van der Waals surface area contributed by atoms with Crippen LogP contribution in [0.25, 0.3) is 0 Å². The zero-order valence-electron chi connectivity index (χ0n) is 11.8. The van der Waals surface area contributed by atoms with Crippen molar-refractivity contribution in [2.24, 2.45) is 5.84 Å². The Morgan fingerprint density at radius 1 is 1.33 bits per heavy atom. The van der Waals surface area contributed by atoms with E-state index >= 15 is 0 Å². The molecule has 112 valence electrons. The van der Waals surface area contributed by atoms with Crippen LogP contribution in [0.2, 0.25) is 0 Å². The van der Waals surface area contributed by atoms with Crippen LogP contribution < -0.4 is 16.6 Å². The van der Waals surface area contributed by atoms with Gasteiger partial charge in [-0.05, 0) is 54.2 Å². The van der Waals surface area contributed by atoms with Crippen molar-refractivity contribution >= 4 is 38.9 Å². The lowest BCUT2D eigenvalue weighted by atomic mass is 10.2. The summed E-state index contributed by atoms with van der Waals surface area (Å²) in [6.07, 6.45) is 3.33. The fraction of sp³-hybridized carbons (Fsp3) is 0.429. The molecule has 2 aromatic rings. The van der Waals surface area contributed by atoms with E-state index in [1.54, 1.807) is 11.3 Å². The predicted octanol–water partition coefficient (Wildman–Crippen LogP) is 3.43. The monoisotopic (exact) mass is 367 g/mol. The van der Waals surface area contributed by atoms with Gasteiger partial charge in [-0.2, -0.15) is 0 Å². The quantitative estimate of drug-likeness (QED) is 0.538. The molecule has 0 atom stereocenters. The third kappa shape index (κ3) is 3.53. The Morgan fingerprint density at radius 3 is 2.71 bits per heavy atom. The van der Waals surface area contributed by atoms with Crippen LogP contribution >= 0.6 is 27.3 Å². The first-order valence-electron chi connectivity index (χ1n) is 7.00. The van der Waals surface area contributed by atoms with Gasteiger partial charge in [0, 0.05) is 22.9 Å². The lowest BCUT2D eigenvalue weighted by Gasteiger charge is -2.13. The summed E-state index contributed by atoms with van der Waals surface area (Å²) >= 11 is 5.25. The Morgan fingerprint density at radius 2 is 2.10 bits per heavy atom. The average Bonchev–Trinajstić information content (AvgIpc) is 3.24. The molecule has 1 saturated carbocycles. The van der Waals surface area contributed by atoms with E-state index in [1.165, 1.54) is 21.5 Å². The zero-order chi connectivity index (χ0) is 14.8. The molecule has 0 amide bonds. The molecule has 0 aromatic carbocycles. The second kappa shape index (κ2) is 6.29. The first kappa shape index (κ1) is 14.7. The van der Waals surface area contributed by atoms with Crippen molar-refractivity contribution in [3.63, 3.8) is 0 Å². The summed E-state index contributed by atoms with van der Waals surface area (Å²) in [4.78, 5) is 10.5. The van der Waals surface area contributed by atoms with E-state index in [0.29, 0.717) is 11.7 Å². The van der Waals surface area contributed by atoms with Gasteiger partial charge in [-0.15, -0.1) is 11.3 Å². The van der Waals surface area contributed by atoms with Gasteiger partial charge in [0.1, 0.15) is 17.5 Å². The van der Waals surface area contributed by atoms with Crippen molar-refractivity contribution in [1.29, 1.82) is 0 Å². The van der Waals surface area contributed by atoms with Crippen LogP contribution in [0.3, 0.4) is 0 Å². The molecule has 1 fully saturated rings. The molecule has 0 unspecified atom stereocenters. The summed E-state index contributed by atoms with van der Waals surface area (Å²) in [5.41, 5.74) is 3.64. The Kier molecular flexibility index (Phi) is 4.42. The van der Waals surface area contributed by atoms with Crippen LogP contribution in [-0.2, 0) is 6.42 Å². The molecule has 1 aliphatic carbocycles. The second-order valence-electron chi connectivity index (χ2n) is 5.21. The molecule has 0 spiro atoms. The highest BCUT2D eigenvalue weighted by atomic mass is 79.9. The maximum atomic E-state index is 5.56. The van der Waals surface area contributed by atoms with Crippen molar-refractivity contribution in [1.82, 2.24) is 9.97 Å². The summed E-state index contributed by atoms with van der Waals surface area (Å²) in [6.45, 7) is 2.83. The average molecular weight is 368 g/mol. The van der Waals surface area contributed by atoms with E-state index in [0.717, 1.165) is 30.2 Å². The molecular formula is C14H18BrN5S. The fourth-order valence-electron chi connectivity index (χ4n) is 2.16. The van der Waals surface area contributed by atoms with Gasteiger partial charge in [0.15, 0.2) is 0 Å². The Labute approximate surface area is 136 Å². The zero-order valence-corrected chi connectivity index (χ0v) is 14.2. The van der Waals surface area contributed by atoms with Crippen molar-refractivity contribution in [3.8, 4) is 0 Å². The lowest BCUT2D eigenvalue weighted by Crippen LogP contribution is -2.15. The Balaban J connectivity index is 1.70. The first-order chi connectivity index (χ1) is 10.2. The van der Waals surface area contributed by atoms with E-state index in [4.69, 9.17) is 5.84 Å². The summed E-state index contributed by atoms with van der Waals surface area (Å²) in [5, 5.41) is 3.41. The number of nitrogens with two attached hydrogens (primary N) is 1. The van der Waals surface area contributed by atoms with Crippen LogP contribution in [0.4, 0.5) is 11.6 Å². The molecular weight excluding hydrogens is 350 g/mol. The maximum absolute atomic E-state index is 5.56. The highest BCUT2D eigenvalue weighted by Crippen LogP contribution is 2.39. The molecule has 0 aliphatic heterocycles. The molecule has 2 heterocycles. The molecule has 1 aliphatic rings. The standard InChI is InChI=1S/C14H18BrN5S/c1-8-12(17-7-6-10-4-5-11(15)21-10)18-14(9-2-3-9)19-13(8)20-16/h4-5,9H,2-3,6-7,16H2,1H3,(H2,17,18,19,20). The molecule has 0 radical (unpaired) electrons. The maximum Gasteiger partial charge on any atom is 0.148 e.